The van der Waals surface area contributed by atoms with E-state index in [4.69, 9.17) is 11.6 Å². The van der Waals surface area contributed by atoms with Gasteiger partial charge in [0.1, 0.15) is 0 Å². The van der Waals surface area contributed by atoms with Crippen molar-refractivity contribution in [2.45, 2.75) is 6.54 Å². The monoisotopic (exact) mass is 287 g/mol. The number of nitrogens with one attached hydrogen (secondary N) is 1. The molecule has 0 aliphatic rings. The summed E-state index contributed by atoms with van der Waals surface area (Å²) in [5.74, 6) is -0.456. The highest BCUT2D eigenvalue weighted by Crippen LogP contribution is 2.22. The number of fused-ring (bicyclic) bond motifs is 1. The second kappa shape index (κ2) is 5.43. The molecule has 0 saturated carbocycles. The van der Waals surface area contributed by atoms with Crippen LogP contribution < -0.4 is 5.32 Å². The molecule has 2 aromatic carbocycles. The third kappa shape index (κ3) is 2.56. The Morgan fingerprint density at radius 1 is 1.05 bits per heavy atom. The van der Waals surface area contributed by atoms with E-state index in [9.17, 15) is 4.39 Å². The molecule has 0 atom stereocenters. The van der Waals surface area contributed by atoms with Crippen molar-refractivity contribution >= 4 is 28.3 Å². The molecule has 3 rings (SSSR count). The van der Waals surface area contributed by atoms with Crippen LogP contribution in [-0.4, -0.2) is 9.97 Å². The first-order chi connectivity index (χ1) is 9.74. The van der Waals surface area contributed by atoms with Crippen LogP contribution in [0.5, 0.6) is 0 Å². The van der Waals surface area contributed by atoms with Gasteiger partial charge >= 0.3 is 0 Å². The Kier molecular flexibility index (Phi) is 3.48. The average molecular weight is 288 g/mol. The van der Waals surface area contributed by atoms with E-state index >= 15 is 0 Å². The fourth-order valence-electron chi connectivity index (χ4n) is 1.91. The average Bonchev–Trinajstić information content (AvgIpc) is 2.48. The lowest BCUT2D eigenvalue weighted by atomic mass is 10.2. The predicted molar refractivity (Wildman–Crippen MR) is 78.3 cm³/mol. The maximum atomic E-state index is 13.7. The summed E-state index contributed by atoms with van der Waals surface area (Å²) in [6.07, 6.45) is 1.68. The van der Waals surface area contributed by atoms with Gasteiger partial charge in [-0.3, -0.25) is 4.98 Å². The maximum Gasteiger partial charge on any atom is 0.164 e. The van der Waals surface area contributed by atoms with Gasteiger partial charge in [0.25, 0.3) is 0 Å². The summed E-state index contributed by atoms with van der Waals surface area (Å²) < 4.78 is 13.7. The number of aromatic nitrogens is 2. The highest BCUT2D eigenvalue weighted by molar-refractivity contribution is 6.31. The van der Waals surface area contributed by atoms with Crippen molar-refractivity contribution in [1.82, 2.24) is 9.97 Å². The zero-order valence-corrected chi connectivity index (χ0v) is 11.2. The first-order valence-corrected chi connectivity index (χ1v) is 6.50. The molecule has 1 aromatic heterocycles. The SMILES string of the molecule is Fc1c(Cl)cccc1NCc1cnc2ccccc2n1. The molecule has 0 spiro atoms. The van der Waals surface area contributed by atoms with Gasteiger partial charge in [0.2, 0.25) is 0 Å². The van der Waals surface area contributed by atoms with Crippen molar-refractivity contribution in [1.29, 1.82) is 0 Å². The molecule has 0 radical (unpaired) electrons. The first kappa shape index (κ1) is 12.8. The summed E-state index contributed by atoms with van der Waals surface area (Å²) in [5.41, 5.74) is 2.75. The van der Waals surface area contributed by atoms with E-state index in [1.807, 2.05) is 24.3 Å². The number of rotatable bonds is 3. The van der Waals surface area contributed by atoms with Crippen LogP contribution in [0.2, 0.25) is 5.02 Å². The van der Waals surface area contributed by atoms with E-state index in [1.165, 1.54) is 6.07 Å². The molecule has 0 amide bonds. The van der Waals surface area contributed by atoms with Gasteiger partial charge in [0.15, 0.2) is 5.82 Å². The van der Waals surface area contributed by atoms with Gasteiger partial charge in [0.05, 0.1) is 40.2 Å². The summed E-state index contributed by atoms with van der Waals surface area (Å²) in [4.78, 5) is 8.77. The Morgan fingerprint density at radius 3 is 2.70 bits per heavy atom. The van der Waals surface area contributed by atoms with Crippen LogP contribution in [0.1, 0.15) is 5.69 Å². The second-order valence-electron chi connectivity index (χ2n) is 4.30. The van der Waals surface area contributed by atoms with Crippen molar-refractivity contribution in [3.8, 4) is 0 Å². The molecule has 0 bridgehead atoms. The molecule has 1 N–H and O–H groups in total. The molecule has 0 unspecified atom stereocenters. The molecule has 3 aromatic rings. The number of para-hydroxylation sites is 2. The normalized spacial score (nSPS) is 10.7. The van der Waals surface area contributed by atoms with Crippen LogP contribution in [0.15, 0.2) is 48.7 Å². The Morgan fingerprint density at radius 2 is 1.85 bits per heavy atom. The van der Waals surface area contributed by atoms with Crippen LogP contribution in [-0.2, 0) is 6.54 Å². The molecular formula is C15H11ClFN3. The lowest BCUT2D eigenvalue weighted by Gasteiger charge is -2.08. The number of halogens is 2. The summed E-state index contributed by atoms with van der Waals surface area (Å²) in [7, 11) is 0. The van der Waals surface area contributed by atoms with Crippen LogP contribution in [0, 0.1) is 5.82 Å². The summed E-state index contributed by atoms with van der Waals surface area (Å²) in [6.45, 7) is 0.384. The van der Waals surface area contributed by atoms with Crippen LogP contribution in [0.3, 0.4) is 0 Å². The topological polar surface area (TPSA) is 37.8 Å². The van der Waals surface area contributed by atoms with Crippen molar-refractivity contribution in [3.63, 3.8) is 0 Å². The molecule has 5 heteroatoms. The Hall–Kier alpha value is -2.20. The van der Waals surface area contributed by atoms with Gasteiger partial charge in [-0.15, -0.1) is 0 Å². The second-order valence-corrected chi connectivity index (χ2v) is 4.71. The van der Waals surface area contributed by atoms with Gasteiger partial charge in [-0.25, -0.2) is 9.37 Å². The van der Waals surface area contributed by atoms with Gasteiger partial charge < -0.3 is 5.32 Å². The van der Waals surface area contributed by atoms with Gasteiger partial charge in [-0.1, -0.05) is 29.8 Å². The fourth-order valence-corrected chi connectivity index (χ4v) is 2.08. The third-order valence-corrected chi connectivity index (χ3v) is 3.20. The lowest BCUT2D eigenvalue weighted by molar-refractivity contribution is 0.630. The molecule has 0 fully saturated rings. The van der Waals surface area contributed by atoms with E-state index in [-0.39, 0.29) is 5.02 Å². The Labute approximate surface area is 120 Å². The van der Waals surface area contributed by atoms with Gasteiger partial charge in [0, 0.05) is 0 Å². The number of nitrogens with zero attached hydrogens (tertiary/aromatic N) is 2. The summed E-state index contributed by atoms with van der Waals surface area (Å²) in [5, 5.41) is 3.07. The lowest BCUT2D eigenvalue weighted by Crippen LogP contribution is -2.04. The highest BCUT2D eigenvalue weighted by Gasteiger charge is 2.06. The molecule has 0 aliphatic carbocycles. The minimum atomic E-state index is -0.456. The Balaban J connectivity index is 1.81. The minimum Gasteiger partial charge on any atom is -0.377 e. The molecular weight excluding hydrogens is 277 g/mol. The highest BCUT2D eigenvalue weighted by atomic mass is 35.5. The summed E-state index contributed by atoms with van der Waals surface area (Å²) >= 11 is 5.73. The van der Waals surface area contributed by atoms with Gasteiger partial charge in [-0.2, -0.15) is 0 Å². The summed E-state index contributed by atoms with van der Waals surface area (Å²) in [6, 6.07) is 12.5. The maximum absolute atomic E-state index is 13.7. The molecule has 100 valence electrons. The standard InChI is InChI=1S/C15H11ClFN3/c16-11-4-3-7-14(15(11)17)19-9-10-8-18-12-5-1-2-6-13(12)20-10/h1-8,19H,9H2. The molecule has 3 nitrogen and oxygen atoms in total. The molecule has 20 heavy (non-hydrogen) atoms. The first-order valence-electron chi connectivity index (χ1n) is 6.12. The van der Waals surface area contributed by atoms with Crippen LogP contribution in [0.4, 0.5) is 10.1 Å². The number of hydrogen-bond acceptors (Lipinski definition) is 3. The predicted octanol–water partition coefficient (Wildman–Crippen LogP) is 4.03. The van der Waals surface area contributed by atoms with E-state index in [2.05, 4.69) is 15.3 Å². The van der Waals surface area contributed by atoms with E-state index < -0.39 is 5.82 Å². The zero-order valence-electron chi connectivity index (χ0n) is 10.5. The molecule has 1 heterocycles. The number of benzene rings is 2. The minimum absolute atomic E-state index is 0.0968. The molecule has 0 aliphatic heterocycles. The van der Waals surface area contributed by atoms with Crippen molar-refractivity contribution in [3.05, 3.63) is 65.2 Å². The van der Waals surface area contributed by atoms with E-state index in [0.717, 1.165) is 16.7 Å². The number of hydrogen-bond donors (Lipinski definition) is 1. The smallest absolute Gasteiger partial charge is 0.164 e. The van der Waals surface area contributed by atoms with Crippen LogP contribution >= 0.6 is 11.6 Å². The van der Waals surface area contributed by atoms with Crippen molar-refractivity contribution < 1.29 is 4.39 Å². The van der Waals surface area contributed by atoms with Crippen molar-refractivity contribution in [2.24, 2.45) is 0 Å². The fraction of sp³-hybridized carbons (Fsp3) is 0.0667. The number of anilines is 1. The quantitative estimate of drug-likeness (QED) is 0.790. The Bertz CT molecular complexity index is 761. The van der Waals surface area contributed by atoms with E-state index in [0.29, 0.717) is 12.2 Å². The van der Waals surface area contributed by atoms with Crippen LogP contribution in [0.25, 0.3) is 11.0 Å². The van der Waals surface area contributed by atoms with E-state index in [1.54, 1.807) is 18.3 Å². The third-order valence-electron chi connectivity index (χ3n) is 2.91. The van der Waals surface area contributed by atoms with Crippen molar-refractivity contribution in [2.75, 3.05) is 5.32 Å². The zero-order chi connectivity index (χ0) is 13.9. The largest absolute Gasteiger partial charge is 0.377 e. The van der Waals surface area contributed by atoms with Gasteiger partial charge in [-0.05, 0) is 24.3 Å². The molecule has 0 saturated heterocycles.